The molecule has 0 N–H and O–H groups in total. The van der Waals surface area contributed by atoms with Crippen molar-refractivity contribution >= 4 is 12.0 Å². The van der Waals surface area contributed by atoms with E-state index in [1.54, 1.807) is 13.2 Å². The second-order valence-corrected chi connectivity index (χ2v) is 7.40. The predicted molar refractivity (Wildman–Crippen MR) is 106 cm³/mol. The summed E-state index contributed by atoms with van der Waals surface area (Å²) in [6, 6.07) is 6.27. The fraction of sp³-hybridized carbons (Fsp3) is 0.571. The van der Waals surface area contributed by atoms with E-state index in [1.165, 1.54) is 0 Å². The molecule has 0 bridgehead atoms. The molecule has 0 unspecified atom stereocenters. The van der Waals surface area contributed by atoms with E-state index >= 15 is 0 Å². The van der Waals surface area contributed by atoms with Crippen LogP contribution < -0.4 is 9.47 Å². The van der Waals surface area contributed by atoms with E-state index in [0.717, 1.165) is 37.5 Å². The maximum atomic E-state index is 12.4. The van der Waals surface area contributed by atoms with Crippen LogP contribution in [0.2, 0.25) is 0 Å². The highest BCUT2D eigenvalue weighted by Crippen LogP contribution is 2.29. The minimum Gasteiger partial charge on any atom is -0.493 e. The molecule has 1 aliphatic heterocycles. The molecule has 5 nitrogen and oxygen atoms in total. The van der Waals surface area contributed by atoms with Crippen LogP contribution in [0.25, 0.3) is 6.08 Å². The maximum absolute atomic E-state index is 12.4. The van der Waals surface area contributed by atoms with E-state index in [-0.39, 0.29) is 5.91 Å². The lowest BCUT2D eigenvalue weighted by Crippen LogP contribution is -2.50. The first-order valence-electron chi connectivity index (χ1n) is 9.42. The number of benzene rings is 1. The minimum atomic E-state index is 0.0625. The molecule has 26 heavy (non-hydrogen) atoms. The third-order valence-corrected chi connectivity index (χ3v) is 4.53. The normalized spacial score (nSPS) is 15.9. The molecule has 1 saturated heterocycles. The summed E-state index contributed by atoms with van der Waals surface area (Å²) >= 11 is 0. The van der Waals surface area contributed by atoms with Crippen LogP contribution in [0.15, 0.2) is 24.3 Å². The minimum absolute atomic E-state index is 0.0625. The van der Waals surface area contributed by atoms with Crippen molar-refractivity contribution in [2.45, 2.75) is 33.7 Å². The fourth-order valence-corrected chi connectivity index (χ4v) is 2.90. The van der Waals surface area contributed by atoms with Crippen LogP contribution in [0.3, 0.4) is 0 Å². The van der Waals surface area contributed by atoms with Gasteiger partial charge in [-0.1, -0.05) is 19.9 Å². The molecule has 0 aromatic heterocycles. The number of carbonyl (C=O) groups is 1. The summed E-state index contributed by atoms with van der Waals surface area (Å²) in [5.41, 5.74) is 0.924. The second kappa shape index (κ2) is 9.62. The molecule has 0 aliphatic carbocycles. The molecular weight excluding hydrogens is 328 g/mol. The SMILES string of the molecule is COc1cc(/C=C/C(=O)N2CCN(C(C)C)CC2)ccc1OCC(C)C. The van der Waals surface area contributed by atoms with Crippen LogP contribution in [0.4, 0.5) is 0 Å². The highest BCUT2D eigenvalue weighted by molar-refractivity contribution is 5.92. The van der Waals surface area contributed by atoms with Crippen molar-refractivity contribution in [1.82, 2.24) is 9.80 Å². The zero-order valence-corrected chi connectivity index (χ0v) is 16.7. The van der Waals surface area contributed by atoms with Crippen molar-refractivity contribution in [2.75, 3.05) is 39.9 Å². The van der Waals surface area contributed by atoms with Crippen molar-refractivity contribution in [3.8, 4) is 11.5 Å². The summed E-state index contributed by atoms with van der Waals surface area (Å²) in [5, 5.41) is 0. The third kappa shape index (κ3) is 5.77. The number of piperazine rings is 1. The van der Waals surface area contributed by atoms with Gasteiger partial charge in [0.05, 0.1) is 13.7 Å². The lowest BCUT2D eigenvalue weighted by molar-refractivity contribution is -0.127. The number of ether oxygens (including phenoxy) is 2. The number of methoxy groups -OCH3 is 1. The Morgan fingerprint density at radius 1 is 1.12 bits per heavy atom. The molecule has 1 fully saturated rings. The van der Waals surface area contributed by atoms with Crippen LogP contribution in [-0.4, -0.2) is 61.6 Å². The Morgan fingerprint density at radius 3 is 2.38 bits per heavy atom. The van der Waals surface area contributed by atoms with Crippen LogP contribution in [0, 0.1) is 5.92 Å². The van der Waals surface area contributed by atoms with Gasteiger partial charge in [0.1, 0.15) is 0 Å². The molecule has 1 aliphatic rings. The van der Waals surface area contributed by atoms with E-state index in [2.05, 4.69) is 32.6 Å². The molecule has 0 atom stereocenters. The molecule has 0 spiro atoms. The topological polar surface area (TPSA) is 42.0 Å². The van der Waals surface area contributed by atoms with Crippen LogP contribution >= 0.6 is 0 Å². The van der Waals surface area contributed by atoms with Crippen molar-refractivity contribution in [3.05, 3.63) is 29.8 Å². The van der Waals surface area contributed by atoms with Gasteiger partial charge in [-0.3, -0.25) is 9.69 Å². The average molecular weight is 360 g/mol. The monoisotopic (exact) mass is 360 g/mol. The lowest BCUT2D eigenvalue weighted by atomic mass is 10.1. The van der Waals surface area contributed by atoms with Crippen molar-refractivity contribution in [1.29, 1.82) is 0 Å². The highest BCUT2D eigenvalue weighted by Gasteiger charge is 2.20. The summed E-state index contributed by atoms with van der Waals surface area (Å²) in [4.78, 5) is 16.7. The van der Waals surface area contributed by atoms with Gasteiger partial charge in [-0.15, -0.1) is 0 Å². The Kier molecular flexibility index (Phi) is 7.51. The van der Waals surface area contributed by atoms with Gasteiger partial charge in [0.2, 0.25) is 5.91 Å². The number of rotatable bonds is 7. The Bertz CT molecular complexity index is 618. The molecule has 0 saturated carbocycles. The van der Waals surface area contributed by atoms with E-state index in [4.69, 9.17) is 9.47 Å². The molecular formula is C21H32N2O3. The van der Waals surface area contributed by atoms with Crippen molar-refractivity contribution in [2.24, 2.45) is 5.92 Å². The molecule has 1 aromatic rings. The largest absolute Gasteiger partial charge is 0.493 e. The zero-order chi connectivity index (χ0) is 19.1. The summed E-state index contributed by atoms with van der Waals surface area (Å²) in [7, 11) is 1.63. The average Bonchev–Trinajstić information content (AvgIpc) is 2.64. The molecule has 1 amide bonds. The van der Waals surface area contributed by atoms with Crippen molar-refractivity contribution in [3.63, 3.8) is 0 Å². The van der Waals surface area contributed by atoms with Gasteiger partial charge in [-0.2, -0.15) is 0 Å². The van der Waals surface area contributed by atoms with Gasteiger partial charge in [-0.25, -0.2) is 0 Å². The zero-order valence-electron chi connectivity index (χ0n) is 16.7. The molecule has 144 valence electrons. The molecule has 2 rings (SSSR count). The fourth-order valence-electron chi connectivity index (χ4n) is 2.90. The number of nitrogens with zero attached hydrogens (tertiary/aromatic N) is 2. The highest BCUT2D eigenvalue weighted by atomic mass is 16.5. The third-order valence-electron chi connectivity index (χ3n) is 4.53. The molecule has 0 radical (unpaired) electrons. The van der Waals surface area contributed by atoms with Gasteiger partial charge < -0.3 is 14.4 Å². The number of carbonyl (C=O) groups excluding carboxylic acids is 1. The first-order valence-corrected chi connectivity index (χ1v) is 9.42. The Hall–Kier alpha value is -2.01. The summed E-state index contributed by atoms with van der Waals surface area (Å²) in [6.45, 7) is 12.7. The first kappa shape index (κ1) is 20.3. The number of hydrogen-bond donors (Lipinski definition) is 0. The van der Waals surface area contributed by atoms with Crippen LogP contribution in [0.5, 0.6) is 11.5 Å². The van der Waals surface area contributed by atoms with Gasteiger partial charge in [-0.05, 0) is 43.5 Å². The number of amides is 1. The molecule has 5 heteroatoms. The van der Waals surface area contributed by atoms with E-state index in [9.17, 15) is 4.79 Å². The molecule has 1 heterocycles. The smallest absolute Gasteiger partial charge is 0.246 e. The molecule has 1 aromatic carbocycles. The van der Waals surface area contributed by atoms with Crippen molar-refractivity contribution < 1.29 is 14.3 Å². The number of hydrogen-bond acceptors (Lipinski definition) is 4. The van der Waals surface area contributed by atoms with E-state index in [0.29, 0.717) is 24.3 Å². The van der Waals surface area contributed by atoms with E-state index < -0.39 is 0 Å². The van der Waals surface area contributed by atoms with E-state index in [1.807, 2.05) is 29.2 Å². The predicted octanol–water partition coefficient (Wildman–Crippen LogP) is 3.30. The van der Waals surface area contributed by atoms with Gasteiger partial charge in [0.25, 0.3) is 0 Å². The Morgan fingerprint density at radius 2 is 1.81 bits per heavy atom. The summed E-state index contributed by atoms with van der Waals surface area (Å²) in [5.74, 6) is 1.93. The lowest BCUT2D eigenvalue weighted by Gasteiger charge is -2.36. The Labute approximate surface area is 157 Å². The van der Waals surface area contributed by atoms with Gasteiger partial charge in [0.15, 0.2) is 11.5 Å². The quantitative estimate of drug-likeness (QED) is 0.700. The summed E-state index contributed by atoms with van der Waals surface area (Å²) in [6.07, 6.45) is 3.49. The first-order chi connectivity index (χ1) is 12.4. The van der Waals surface area contributed by atoms with Crippen LogP contribution in [0.1, 0.15) is 33.3 Å². The maximum Gasteiger partial charge on any atom is 0.246 e. The van der Waals surface area contributed by atoms with Crippen LogP contribution in [-0.2, 0) is 4.79 Å². The van der Waals surface area contributed by atoms with Gasteiger partial charge in [0, 0.05) is 38.3 Å². The standard InChI is InChI=1S/C21H32N2O3/c1-16(2)15-26-19-8-6-18(14-20(19)25-5)7-9-21(24)23-12-10-22(11-13-23)17(3)4/h6-9,14,16-17H,10-13,15H2,1-5H3/b9-7+. The Balaban J connectivity index is 1.96. The summed E-state index contributed by atoms with van der Waals surface area (Å²) < 4.78 is 11.2. The second-order valence-electron chi connectivity index (χ2n) is 7.40. The van der Waals surface area contributed by atoms with Gasteiger partial charge >= 0.3 is 0 Å².